The molecule has 0 aliphatic rings. The fourth-order valence-corrected chi connectivity index (χ4v) is 2.85. The Morgan fingerprint density at radius 3 is 2.20 bits per heavy atom. The molecule has 4 nitrogen and oxygen atoms in total. The molecule has 1 aromatic carbocycles. The van der Waals surface area contributed by atoms with Crippen LogP contribution in [0.3, 0.4) is 0 Å². The van der Waals surface area contributed by atoms with Gasteiger partial charge in [-0.15, -0.1) is 0 Å². The Labute approximate surface area is 122 Å². The third-order valence-electron chi connectivity index (χ3n) is 2.44. The zero-order valence-electron chi connectivity index (χ0n) is 12.8. The summed E-state index contributed by atoms with van der Waals surface area (Å²) in [5.41, 5.74) is 0.291. The van der Waals surface area contributed by atoms with Gasteiger partial charge in [0.15, 0.2) is 8.30 Å². The van der Waals surface area contributed by atoms with Crippen LogP contribution in [0, 0.1) is 0 Å². The minimum Gasteiger partial charge on any atom is -0.462 e. The Balaban J connectivity index is 2.61. The van der Waals surface area contributed by atoms with Crippen molar-refractivity contribution >= 4 is 14.3 Å². The van der Waals surface area contributed by atoms with E-state index in [4.69, 9.17) is 9.26 Å². The lowest BCUT2D eigenvalue weighted by atomic mass is 10.3. The van der Waals surface area contributed by atoms with Crippen LogP contribution in [-0.2, 0) is 9.53 Å². The van der Waals surface area contributed by atoms with Gasteiger partial charge in [-0.05, 0) is 32.9 Å². The molecule has 0 aliphatic heterocycles. The van der Waals surface area contributed by atoms with E-state index in [1.165, 1.54) is 0 Å². The van der Waals surface area contributed by atoms with Crippen molar-refractivity contribution in [2.24, 2.45) is 0 Å². The largest absolute Gasteiger partial charge is 0.462 e. The molecule has 0 saturated heterocycles. The average Bonchev–Trinajstić information content (AvgIpc) is 2.38. The van der Waals surface area contributed by atoms with Crippen LogP contribution in [0.25, 0.3) is 0 Å². The molecule has 1 aromatic rings. The summed E-state index contributed by atoms with van der Waals surface area (Å²) in [6.07, 6.45) is -0.105. The molecule has 2 atom stereocenters. The van der Waals surface area contributed by atoms with E-state index in [-0.39, 0.29) is 18.1 Å². The van der Waals surface area contributed by atoms with Crippen molar-refractivity contribution in [3.05, 3.63) is 30.3 Å². The number of carbonyl (C=O) groups is 1. The standard InChI is InChI=1S/C15H24NO3P/c1-11(2)18-15(17)13(5)16-20(12(3)4)19-14-9-7-6-8-10-14/h6-13,16H,1-5H3/t13-,20?/m0/s1. The molecule has 20 heavy (non-hydrogen) atoms. The maximum Gasteiger partial charge on any atom is 0.323 e. The van der Waals surface area contributed by atoms with Crippen molar-refractivity contribution in [1.29, 1.82) is 0 Å². The predicted molar refractivity (Wildman–Crippen MR) is 83.0 cm³/mol. The number of para-hydroxylation sites is 1. The summed E-state index contributed by atoms with van der Waals surface area (Å²) in [7, 11) is -0.944. The smallest absolute Gasteiger partial charge is 0.323 e. The molecule has 1 unspecified atom stereocenters. The highest BCUT2D eigenvalue weighted by molar-refractivity contribution is 7.51. The highest BCUT2D eigenvalue weighted by Crippen LogP contribution is 2.39. The summed E-state index contributed by atoms with van der Waals surface area (Å²) >= 11 is 0. The molecule has 0 bridgehead atoms. The second-order valence-corrected chi connectivity index (χ2v) is 7.29. The number of benzene rings is 1. The molecule has 1 N–H and O–H groups in total. The molecular formula is C15H24NO3P. The molecule has 0 fully saturated rings. The first-order valence-corrected chi connectivity index (χ1v) is 8.22. The number of hydrogen-bond acceptors (Lipinski definition) is 4. The number of ether oxygens (including phenoxy) is 1. The average molecular weight is 297 g/mol. The van der Waals surface area contributed by atoms with Crippen LogP contribution in [0.4, 0.5) is 0 Å². The van der Waals surface area contributed by atoms with E-state index in [0.29, 0.717) is 5.66 Å². The molecule has 0 spiro atoms. The SMILES string of the molecule is CC(C)OC(=O)[C@H](C)NP(Oc1ccccc1)C(C)C. The second kappa shape index (κ2) is 8.23. The number of hydrogen-bond donors (Lipinski definition) is 1. The van der Waals surface area contributed by atoms with E-state index in [1.54, 1.807) is 6.92 Å². The van der Waals surface area contributed by atoms with Crippen LogP contribution in [-0.4, -0.2) is 23.8 Å². The van der Waals surface area contributed by atoms with Crippen molar-refractivity contribution in [1.82, 2.24) is 5.09 Å². The number of nitrogens with one attached hydrogen (secondary N) is 1. The first-order chi connectivity index (χ1) is 9.40. The van der Waals surface area contributed by atoms with Gasteiger partial charge in [-0.3, -0.25) is 9.88 Å². The highest BCUT2D eigenvalue weighted by atomic mass is 31.2. The maximum atomic E-state index is 11.8. The first-order valence-electron chi connectivity index (χ1n) is 6.89. The normalized spacial score (nSPS) is 14.2. The van der Waals surface area contributed by atoms with Crippen LogP contribution < -0.4 is 9.61 Å². The molecule has 0 radical (unpaired) electrons. The van der Waals surface area contributed by atoms with Gasteiger partial charge in [-0.2, -0.15) is 0 Å². The first kappa shape index (κ1) is 16.9. The van der Waals surface area contributed by atoms with Crippen LogP contribution >= 0.6 is 8.30 Å². The zero-order chi connectivity index (χ0) is 15.1. The van der Waals surface area contributed by atoms with Crippen LogP contribution in [0.1, 0.15) is 34.6 Å². The highest BCUT2D eigenvalue weighted by Gasteiger charge is 2.24. The third-order valence-corrected chi connectivity index (χ3v) is 4.43. The van der Waals surface area contributed by atoms with Crippen molar-refractivity contribution in [2.75, 3.05) is 0 Å². The summed E-state index contributed by atoms with van der Waals surface area (Å²) in [5.74, 6) is 0.564. The Hall–Kier alpha value is -1.12. The molecule has 5 heteroatoms. The van der Waals surface area contributed by atoms with Gasteiger partial charge in [0, 0.05) is 5.66 Å². The van der Waals surface area contributed by atoms with Gasteiger partial charge in [0.05, 0.1) is 6.10 Å². The topological polar surface area (TPSA) is 47.6 Å². The van der Waals surface area contributed by atoms with Crippen molar-refractivity contribution in [3.8, 4) is 5.75 Å². The van der Waals surface area contributed by atoms with E-state index >= 15 is 0 Å². The van der Waals surface area contributed by atoms with Crippen molar-refractivity contribution in [3.63, 3.8) is 0 Å². The Morgan fingerprint density at radius 2 is 1.70 bits per heavy atom. The Bertz CT molecular complexity index is 409. The van der Waals surface area contributed by atoms with E-state index in [2.05, 4.69) is 18.9 Å². The van der Waals surface area contributed by atoms with Crippen molar-refractivity contribution < 1.29 is 14.1 Å². The fraction of sp³-hybridized carbons (Fsp3) is 0.533. The number of esters is 1. The van der Waals surface area contributed by atoms with Gasteiger partial charge in [-0.25, -0.2) is 0 Å². The molecule has 0 aromatic heterocycles. The van der Waals surface area contributed by atoms with Gasteiger partial charge in [0.2, 0.25) is 0 Å². The zero-order valence-corrected chi connectivity index (χ0v) is 13.7. The molecule has 0 amide bonds. The lowest BCUT2D eigenvalue weighted by molar-refractivity contribution is -0.148. The summed E-state index contributed by atoms with van der Waals surface area (Å²) in [5, 5.41) is 3.24. The summed E-state index contributed by atoms with van der Waals surface area (Å²) in [6.45, 7) is 9.63. The quantitative estimate of drug-likeness (QED) is 0.615. The van der Waals surface area contributed by atoms with Crippen LogP contribution in [0.2, 0.25) is 0 Å². The molecule has 0 aliphatic carbocycles. The molecular weight excluding hydrogens is 273 g/mol. The van der Waals surface area contributed by atoms with Gasteiger partial charge in [-0.1, -0.05) is 32.0 Å². The van der Waals surface area contributed by atoms with E-state index < -0.39 is 8.30 Å². The van der Waals surface area contributed by atoms with Crippen LogP contribution in [0.5, 0.6) is 5.75 Å². The lowest BCUT2D eigenvalue weighted by Crippen LogP contribution is -2.35. The fourth-order valence-electron chi connectivity index (χ4n) is 1.45. The molecule has 0 heterocycles. The Morgan fingerprint density at radius 1 is 1.10 bits per heavy atom. The third kappa shape index (κ3) is 5.89. The van der Waals surface area contributed by atoms with Crippen molar-refractivity contribution in [2.45, 2.75) is 52.4 Å². The summed E-state index contributed by atoms with van der Waals surface area (Å²) in [4.78, 5) is 11.8. The van der Waals surface area contributed by atoms with Crippen LogP contribution in [0.15, 0.2) is 30.3 Å². The van der Waals surface area contributed by atoms with E-state index in [9.17, 15) is 4.79 Å². The van der Waals surface area contributed by atoms with Gasteiger partial charge in [0.1, 0.15) is 11.8 Å². The molecule has 112 valence electrons. The summed E-state index contributed by atoms with van der Waals surface area (Å²) < 4.78 is 11.1. The Kier molecular flexibility index (Phi) is 6.97. The summed E-state index contributed by atoms with van der Waals surface area (Å²) in [6, 6.07) is 9.25. The number of carbonyl (C=O) groups excluding carboxylic acids is 1. The maximum absolute atomic E-state index is 11.8. The van der Waals surface area contributed by atoms with Gasteiger partial charge >= 0.3 is 5.97 Å². The minimum atomic E-state index is -0.944. The minimum absolute atomic E-state index is 0.105. The van der Waals surface area contributed by atoms with E-state index in [0.717, 1.165) is 5.75 Å². The molecule has 0 saturated carbocycles. The number of rotatable bonds is 7. The second-order valence-electron chi connectivity index (χ2n) is 5.16. The monoisotopic (exact) mass is 297 g/mol. The lowest BCUT2D eigenvalue weighted by Gasteiger charge is -2.25. The predicted octanol–water partition coefficient (Wildman–Crippen LogP) is 3.72. The van der Waals surface area contributed by atoms with Gasteiger partial charge in [0.25, 0.3) is 0 Å². The molecule has 1 rings (SSSR count). The van der Waals surface area contributed by atoms with Gasteiger partial charge < -0.3 is 9.26 Å². The van der Waals surface area contributed by atoms with E-state index in [1.807, 2.05) is 44.2 Å².